The first-order valence-electron chi connectivity index (χ1n) is 7.73. The van der Waals surface area contributed by atoms with E-state index in [2.05, 4.69) is 51.2 Å². The number of hydrogen-bond donors (Lipinski definition) is 0. The van der Waals surface area contributed by atoms with E-state index in [1.165, 1.54) is 23.3 Å². The van der Waals surface area contributed by atoms with Gasteiger partial charge in [-0.25, -0.2) is 4.39 Å². The van der Waals surface area contributed by atoms with E-state index in [0.717, 1.165) is 30.5 Å². The number of nitrogens with zero attached hydrogens (tertiary/aromatic N) is 1. The van der Waals surface area contributed by atoms with E-state index < -0.39 is 0 Å². The second kappa shape index (κ2) is 7.75. The third-order valence-corrected chi connectivity index (χ3v) is 4.60. The number of benzene rings is 2. The molecule has 0 aliphatic carbocycles. The molecule has 0 saturated heterocycles. The fraction of sp³-hybridized carbons (Fsp3) is 0.263. The summed E-state index contributed by atoms with van der Waals surface area (Å²) >= 11 is 3.38. The largest absolute Gasteiger partial charge is 0.488 e. The molecule has 4 heteroatoms. The van der Waals surface area contributed by atoms with Crippen LogP contribution in [0.25, 0.3) is 0 Å². The third kappa shape index (κ3) is 4.66. The van der Waals surface area contributed by atoms with Gasteiger partial charge in [0.15, 0.2) is 0 Å². The van der Waals surface area contributed by atoms with E-state index in [1.54, 1.807) is 6.07 Å². The Labute approximate surface area is 144 Å². The molecule has 0 aromatic heterocycles. The van der Waals surface area contributed by atoms with Crippen molar-refractivity contribution in [3.63, 3.8) is 0 Å². The van der Waals surface area contributed by atoms with Gasteiger partial charge in [0.25, 0.3) is 0 Å². The molecule has 0 radical (unpaired) electrons. The maximum Gasteiger partial charge on any atom is 0.136 e. The van der Waals surface area contributed by atoms with Gasteiger partial charge in [0, 0.05) is 25.7 Å². The molecular formula is C19H19BrFNO. The maximum absolute atomic E-state index is 13.2. The lowest BCUT2D eigenvalue weighted by molar-refractivity contribution is 0.269. The molecule has 0 unspecified atom stereocenters. The van der Waals surface area contributed by atoms with Crippen molar-refractivity contribution in [3.05, 3.63) is 76.0 Å². The molecule has 1 aliphatic heterocycles. The Bertz CT molecular complexity index is 687. The fourth-order valence-electron chi connectivity index (χ4n) is 2.63. The van der Waals surface area contributed by atoms with Gasteiger partial charge in [0.1, 0.15) is 18.2 Å². The average Bonchev–Trinajstić information content (AvgIpc) is 2.58. The highest BCUT2D eigenvalue weighted by Crippen LogP contribution is 2.26. The normalized spacial score (nSPS) is 15.3. The van der Waals surface area contributed by atoms with Crippen molar-refractivity contribution < 1.29 is 9.13 Å². The SMILES string of the molecule is Fc1ccc(Br)c(OCC2=CCN(Cc3ccccc3)CC2)c1. The van der Waals surface area contributed by atoms with Crippen molar-refractivity contribution in [1.82, 2.24) is 4.90 Å². The molecule has 1 aliphatic rings. The molecule has 3 rings (SSSR count). The molecule has 0 amide bonds. The van der Waals surface area contributed by atoms with Crippen LogP contribution in [-0.2, 0) is 6.54 Å². The molecule has 120 valence electrons. The van der Waals surface area contributed by atoms with Crippen LogP contribution in [0.15, 0.2) is 64.7 Å². The van der Waals surface area contributed by atoms with Crippen LogP contribution in [0.3, 0.4) is 0 Å². The van der Waals surface area contributed by atoms with Crippen LogP contribution in [0, 0.1) is 5.82 Å². The topological polar surface area (TPSA) is 12.5 Å². The molecule has 2 aromatic carbocycles. The van der Waals surface area contributed by atoms with Crippen molar-refractivity contribution in [2.75, 3.05) is 19.7 Å². The molecule has 2 nitrogen and oxygen atoms in total. The molecule has 0 bridgehead atoms. The van der Waals surface area contributed by atoms with Crippen LogP contribution in [0.1, 0.15) is 12.0 Å². The fourth-order valence-corrected chi connectivity index (χ4v) is 2.99. The molecule has 2 aromatic rings. The monoisotopic (exact) mass is 375 g/mol. The minimum atomic E-state index is -0.283. The minimum absolute atomic E-state index is 0.283. The average molecular weight is 376 g/mol. The van der Waals surface area contributed by atoms with E-state index in [9.17, 15) is 4.39 Å². The van der Waals surface area contributed by atoms with Crippen molar-refractivity contribution in [2.45, 2.75) is 13.0 Å². The summed E-state index contributed by atoms with van der Waals surface area (Å²) in [5.74, 6) is 0.271. The highest BCUT2D eigenvalue weighted by molar-refractivity contribution is 9.10. The Kier molecular flexibility index (Phi) is 5.47. The molecule has 0 N–H and O–H groups in total. The Morgan fingerprint density at radius 3 is 2.70 bits per heavy atom. The first-order valence-corrected chi connectivity index (χ1v) is 8.52. The standard InChI is InChI=1S/C19H19BrFNO/c20-18-7-6-17(21)12-19(18)23-14-16-8-10-22(11-9-16)13-15-4-2-1-3-5-15/h1-8,12H,9-11,13-14H2. The van der Waals surface area contributed by atoms with Crippen LogP contribution < -0.4 is 4.74 Å². The zero-order valence-electron chi connectivity index (χ0n) is 12.8. The Hall–Kier alpha value is -1.65. The van der Waals surface area contributed by atoms with Crippen LogP contribution >= 0.6 is 15.9 Å². The van der Waals surface area contributed by atoms with Gasteiger partial charge in [-0.3, -0.25) is 4.90 Å². The maximum atomic E-state index is 13.2. The van der Waals surface area contributed by atoms with Crippen molar-refractivity contribution >= 4 is 15.9 Å². The summed E-state index contributed by atoms with van der Waals surface area (Å²) in [7, 11) is 0. The molecule has 0 saturated carbocycles. The lowest BCUT2D eigenvalue weighted by Crippen LogP contribution is -2.29. The summed E-state index contributed by atoms with van der Waals surface area (Å²) in [5, 5.41) is 0. The van der Waals surface area contributed by atoms with Crippen molar-refractivity contribution in [2.24, 2.45) is 0 Å². The van der Waals surface area contributed by atoms with Gasteiger partial charge < -0.3 is 4.74 Å². The van der Waals surface area contributed by atoms with Gasteiger partial charge >= 0.3 is 0 Å². The van der Waals surface area contributed by atoms with Crippen LogP contribution in [0.5, 0.6) is 5.75 Å². The number of hydrogen-bond acceptors (Lipinski definition) is 2. The molecule has 23 heavy (non-hydrogen) atoms. The van der Waals surface area contributed by atoms with Crippen molar-refractivity contribution in [3.8, 4) is 5.75 Å². The predicted molar refractivity (Wildman–Crippen MR) is 94.0 cm³/mol. The Morgan fingerprint density at radius 1 is 1.13 bits per heavy atom. The van der Waals surface area contributed by atoms with Gasteiger partial charge in [0.05, 0.1) is 4.47 Å². The Balaban J connectivity index is 1.52. The summed E-state index contributed by atoms with van der Waals surface area (Å²) in [6.07, 6.45) is 3.21. The summed E-state index contributed by atoms with van der Waals surface area (Å²) in [6.45, 7) is 3.44. The highest BCUT2D eigenvalue weighted by Gasteiger charge is 2.13. The lowest BCUT2D eigenvalue weighted by atomic mass is 10.1. The second-order valence-electron chi connectivity index (χ2n) is 5.70. The number of ether oxygens (including phenoxy) is 1. The minimum Gasteiger partial charge on any atom is -0.488 e. The predicted octanol–water partition coefficient (Wildman–Crippen LogP) is 4.80. The number of rotatable bonds is 5. The highest BCUT2D eigenvalue weighted by atomic mass is 79.9. The summed E-state index contributed by atoms with van der Waals surface area (Å²) < 4.78 is 19.8. The quantitative estimate of drug-likeness (QED) is 0.696. The van der Waals surface area contributed by atoms with Crippen LogP contribution in [-0.4, -0.2) is 24.6 Å². The molecule has 0 fully saturated rings. The van der Waals surface area contributed by atoms with Crippen LogP contribution in [0.4, 0.5) is 4.39 Å². The zero-order valence-corrected chi connectivity index (χ0v) is 14.4. The third-order valence-electron chi connectivity index (χ3n) is 3.94. The van der Waals surface area contributed by atoms with Gasteiger partial charge in [-0.1, -0.05) is 36.4 Å². The van der Waals surface area contributed by atoms with E-state index in [4.69, 9.17) is 4.74 Å². The molecular weight excluding hydrogens is 357 g/mol. The van der Waals surface area contributed by atoms with Gasteiger partial charge in [-0.05, 0) is 45.6 Å². The van der Waals surface area contributed by atoms with Gasteiger partial charge in [0.2, 0.25) is 0 Å². The second-order valence-corrected chi connectivity index (χ2v) is 6.55. The van der Waals surface area contributed by atoms with E-state index in [-0.39, 0.29) is 5.82 Å². The zero-order chi connectivity index (χ0) is 16.1. The van der Waals surface area contributed by atoms with Crippen molar-refractivity contribution in [1.29, 1.82) is 0 Å². The Morgan fingerprint density at radius 2 is 1.96 bits per heavy atom. The number of halogens is 2. The van der Waals surface area contributed by atoms with E-state index in [1.807, 2.05) is 6.07 Å². The molecule has 0 spiro atoms. The molecule has 0 atom stereocenters. The smallest absolute Gasteiger partial charge is 0.136 e. The first-order chi connectivity index (χ1) is 11.2. The summed E-state index contributed by atoms with van der Waals surface area (Å²) in [6, 6.07) is 15.0. The lowest BCUT2D eigenvalue weighted by Gasteiger charge is -2.26. The summed E-state index contributed by atoms with van der Waals surface area (Å²) in [4.78, 5) is 2.41. The van der Waals surface area contributed by atoms with Gasteiger partial charge in [-0.2, -0.15) is 0 Å². The summed E-state index contributed by atoms with van der Waals surface area (Å²) in [5.41, 5.74) is 2.61. The van der Waals surface area contributed by atoms with E-state index >= 15 is 0 Å². The van der Waals surface area contributed by atoms with Gasteiger partial charge in [-0.15, -0.1) is 0 Å². The first kappa shape index (κ1) is 16.2. The molecule has 1 heterocycles. The van der Waals surface area contributed by atoms with E-state index in [0.29, 0.717) is 12.4 Å². The van der Waals surface area contributed by atoms with Crippen LogP contribution in [0.2, 0.25) is 0 Å².